The van der Waals surface area contributed by atoms with Gasteiger partial charge in [-0.25, -0.2) is 4.98 Å². The summed E-state index contributed by atoms with van der Waals surface area (Å²) in [4.78, 5) is 7.41. The zero-order chi connectivity index (χ0) is 8.27. The molecule has 4 nitrogen and oxygen atoms in total. The Bertz CT molecular complexity index is 307. The second kappa shape index (κ2) is 3.17. The Morgan fingerprint density at radius 1 is 1.73 bits per heavy atom. The first-order valence-corrected chi connectivity index (χ1v) is 3.12. The van der Waals surface area contributed by atoms with Gasteiger partial charge < -0.3 is 4.74 Å². The van der Waals surface area contributed by atoms with Crippen molar-refractivity contribution in [2.24, 2.45) is 0 Å². The van der Waals surface area contributed by atoms with Crippen LogP contribution >= 0.6 is 11.6 Å². The molecule has 0 aliphatic carbocycles. The molecule has 0 saturated heterocycles. The monoisotopic (exact) mass is 169 g/mol. The van der Waals surface area contributed by atoms with E-state index in [1.54, 1.807) is 6.07 Å². The quantitative estimate of drug-likeness (QED) is 0.630. The molecule has 1 aromatic rings. The van der Waals surface area contributed by atoms with Gasteiger partial charge in [0.25, 0.3) is 0 Å². The predicted molar refractivity (Wildman–Crippen MR) is 38.3 cm³/mol. The maximum atomic E-state index is 8.40. The number of rotatable bonds is 1. The minimum atomic E-state index is 0.0619. The number of nitriles is 1. The number of hydrogen-bond acceptors (Lipinski definition) is 4. The van der Waals surface area contributed by atoms with E-state index in [9.17, 15) is 0 Å². The third-order valence-electron chi connectivity index (χ3n) is 1.02. The van der Waals surface area contributed by atoms with Crippen molar-refractivity contribution >= 4 is 11.6 Å². The topological polar surface area (TPSA) is 58.8 Å². The molecule has 0 unspecified atom stereocenters. The zero-order valence-electron chi connectivity index (χ0n) is 5.71. The molecule has 0 saturated carbocycles. The van der Waals surface area contributed by atoms with E-state index in [2.05, 4.69) is 9.97 Å². The number of ether oxygens (including phenoxy) is 1. The van der Waals surface area contributed by atoms with Crippen LogP contribution in [0.5, 0.6) is 5.88 Å². The molecule has 0 spiro atoms. The van der Waals surface area contributed by atoms with Crippen LogP contribution in [0.1, 0.15) is 5.69 Å². The fourth-order valence-electron chi connectivity index (χ4n) is 0.525. The maximum Gasteiger partial charge on any atom is 0.233 e. The Balaban J connectivity index is 3.12. The van der Waals surface area contributed by atoms with Crippen molar-refractivity contribution in [3.63, 3.8) is 0 Å². The van der Waals surface area contributed by atoms with E-state index >= 15 is 0 Å². The second-order valence-corrected chi connectivity index (χ2v) is 2.02. The highest BCUT2D eigenvalue weighted by Gasteiger charge is 2.02. The lowest BCUT2D eigenvalue weighted by atomic mass is 10.5. The standard InChI is InChI=1S/C6H4ClN3O/c1-11-5-3-9-4(2-8)6(7)10-5/h3H,1H3. The minimum Gasteiger partial charge on any atom is -0.480 e. The summed E-state index contributed by atoms with van der Waals surface area (Å²) in [5.41, 5.74) is 0.104. The van der Waals surface area contributed by atoms with Crippen LogP contribution in [-0.2, 0) is 0 Å². The summed E-state index contributed by atoms with van der Waals surface area (Å²) in [7, 11) is 1.45. The summed E-state index contributed by atoms with van der Waals surface area (Å²) in [6.45, 7) is 0. The Morgan fingerprint density at radius 2 is 2.45 bits per heavy atom. The molecule has 5 heteroatoms. The molecule has 1 heterocycles. The largest absolute Gasteiger partial charge is 0.480 e. The van der Waals surface area contributed by atoms with Gasteiger partial charge in [0.05, 0.1) is 13.3 Å². The normalized spacial score (nSPS) is 8.82. The van der Waals surface area contributed by atoms with Crippen LogP contribution in [0.2, 0.25) is 5.15 Å². The van der Waals surface area contributed by atoms with Crippen LogP contribution in [0, 0.1) is 11.3 Å². The van der Waals surface area contributed by atoms with Gasteiger partial charge in [0.15, 0.2) is 10.8 Å². The number of aromatic nitrogens is 2. The predicted octanol–water partition coefficient (Wildman–Crippen LogP) is 1.01. The molecule has 1 rings (SSSR count). The summed E-state index contributed by atoms with van der Waals surface area (Å²) in [6, 6.07) is 1.79. The van der Waals surface area contributed by atoms with E-state index < -0.39 is 0 Å². The summed E-state index contributed by atoms with van der Waals surface area (Å²) >= 11 is 5.53. The molecule has 0 aliphatic heterocycles. The highest BCUT2D eigenvalue weighted by Crippen LogP contribution is 2.12. The Labute approximate surface area is 68.4 Å². The van der Waals surface area contributed by atoms with Gasteiger partial charge in [-0.3, -0.25) is 0 Å². The summed E-state index contributed by atoms with van der Waals surface area (Å²) < 4.78 is 4.73. The molecular formula is C6H4ClN3O. The van der Waals surface area contributed by atoms with Gasteiger partial charge in [-0.05, 0) is 0 Å². The van der Waals surface area contributed by atoms with Gasteiger partial charge in [-0.2, -0.15) is 10.2 Å². The van der Waals surface area contributed by atoms with Crippen molar-refractivity contribution in [1.82, 2.24) is 9.97 Å². The van der Waals surface area contributed by atoms with Crippen LogP contribution in [0.15, 0.2) is 6.20 Å². The summed E-state index contributed by atoms with van der Waals surface area (Å²) in [6.07, 6.45) is 1.34. The fourth-order valence-corrected chi connectivity index (χ4v) is 0.699. The lowest BCUT2D eigenvalue weighted by Crippen LogP contribution is -1.92. The van der Waals surface area contributed by atoms with E-state index in [1.165, 1.54) is 13.3 Å². The van der Waals surface area contributed by atoms with Crippen LogP contribution < -0.4 is 4.74 Å². The molecule has 0 aliphatic rings. The van der Waals surface area contributed by atoms with Crippen LogP contribution in [0.4, 0.5) is 0 Å². The van der Waals surface area contributed by atoms with Crippen molar-refractivity contribution in [2.75, 3.05) is 7.11 Å². The summed E-state index contributed by atoms with van der Waals surface area (Å²) in [5, 5.41) is 8.47. The molecule has 0 fully saturated rings. The van der Waals surface area contributed by atoms with Crippen LogP contribution in [0.25, 0.3) is 0 Å². The second-order valence-electron chi connectivity index (χ2n) is 1.66. The van der Waals surface area contributed by atoms with E-state index in [1.807, 2.05) is 0 Å². The van der Waals surface area contributed by atoms with E-state index in [-0.39, 0.29) is 10.8 Å². The minimum absolute atomic E-state index is 0.0619. The van der Waals surface area contributed by atoms with Gasteiger partial charge in [-0.15, -0.1) is 0 Å². The highest BCUT2D eigenvalue weighted by atomic mass is 35.5. The van der Waals surface area contributed by atoms with E-state index in [0.717, 1.165) is 0 Å². The lowest BCUT2D eigenvalue weighted by molar-refractivity contribution is 0.395. The average Bonchev–Trinajstić information content (AvgIpc) is 2.04. The molecule has 0 N–H and O–H groups in total. The van der Waals surface area contributed by atoms with Gasteiger partial charge in [-0.1, -0.05) is 11.6 Å². The Kier molecular flexibility index (Phi) is 2.24. The molecule has 0 aromatic carbocycles. The first-order valence-electron chi connectivity index (χ1n) is 2.74. The van der Waals surface area contributed by atoms with Crippen molar-refractivity contribution in [3.05, 3.63) is 17.0 Å². The van der Waals surface area contributed by atoms with Crippen molar-refractivity contribution in [3.8, 4) is 11.9 Å². The van der Waals surface area contributed by atoms with Crippen molar-refractivity contribution < 1.29 is 4.74 Å². The maximum absolute atomic E-state index is 8.40. The molecular weight excluding hydrogens is 166 g/mol. The third kappa shape index (κ3) is 1.57. The van der Waals surface area contributed by atoms with E-state index in [0.29, 0.717) is 5.88 Å². The van der Waals surface area contributed by atoms with Crippen molar-refractivity contribution in [1.29, 1.82) is 5.26 Å². The fraction of sp³-hybridized carbons (Fsp3) is 0.167. The lowest BCUT2D eigenvalue weighted by Gasteiger charge is -1.97. The first-order chi connectivity index (χ1) is 5.27. The highest BCUT2D eigenvalue weighted by molar-refractivity contribution is 6.30. The molecule has 1 aromatic heterocycles. The third-order valence-corrected chi connectivity index (χ3v) is 1.29. The number of methoxy groups -OCH3 is 1. The van der Waals surface area contributed by atoms with Gasteiger partial charge >= 0.3 is 0 Å². The average molecular weight is 170 g/mol. The number of hydrogen-bond donors (Lipinski definition) is 0. The number of halogens is 1. The van der Waals surface area contributed by atoms with Crippen LogP contribution in [-0.4, -0.2) is 17.1 Å². The van der Waals surface area contributed by atoms with Crippen molar-refractivity contribution in [2.45, 2.75) is 0 Å². The molecule has 11 heavy (non-hydrogen) atoms. The molecule has 56 valence electrons. The Hall–Kier alpha value is -1.34. The molecule has 0 amide bonds. The SMILES string of the molecule is COc1cnc(C#N)c(Cl)n1. The number of nitrogens with zero attached hydrogens (tertiary/aromatic N) is 3. The molecule has 0 bridgehead atoms. The first kappa shape index (κ1) is 7.76. The van der Waals surface area contributed by atoms with Gasteiger partial charge in [0.2, 0.25) is 5.88 Å². The zero-order valence-corrected chi connectivity index (χ0v) is 6.46. The van der Waals surface area contributed by atoms with Gasteiger partial charge in [0, 0.05) is 0 Å². The molecule has 0 atom stereocenters. The van der Waals surface area contributed by atoms with Gasteiger partial charge in [0.1, 0.15) is 6.07 Å². The Morgan fingerprint density at radius 3 is 2.91 bits per heavy atom. The molecule has 0 radical (unpaired) electrons. The van der Waals surface area contributed by atoms with E-state index in [4.69, 9.17) is 21.6 Å². The summed E-state index contributed by atoms with van der Waals surface area (Å²) in [5.74, 6) is 0.300. The smallest absolute Gasteiger partial charge is 0.233 e. The van der Waals surface area contributed by atoms with Crippen LogP contribution in [0.3, 0.4) is 0 Å².